The fourth-order valence-corrected chi connectivity index (χ4v) is 1.26. The van der Waals surface area contributed by atoms with Gasteiger partial charge in [0.15, 0.2) is 0 Å². The van der Waals surface area contributed by atoms with E-state index in [0.717, 1.165) is 4.88 Å². The van der Waals surface area contributed by atoms with Crippen LogP contribution in [0.1, 0.15) is 4.88 Å². The first-order valence-electron chi connectivity index (χ1n) is 2.53. The molecule has 0 saturated heterocycles. The Bertz CT molecular complexity index is 196. The van der Waals surface area contributed by atoms with E-state index < -0.39 is 5.97 Å². The van der Waals surface area contributed by atoms with Crippen molar-refractivity contribution < 1.29 is 29.4 Å². The topological polar surface area (TPSA) is 37.3 Å². The van der Waals surface area contributed by atoms with Crippen LogP contribution in [0, 0.1) is 0 Å². The summed E-state index contributed by atoms with van der Waals surface area (Å²) in [6.07, 6.45) is 0.150. The van der Waals surface area contributed by atoms with Crippen LogP contribution < -0.4 is 0 Å². The van der Waals surface area contributed by atoms with Crippen molar-refractivity contribution in [2.45, 2.75) is 6.42 Å². The summed E-state index contributed by atoms with van der Waals surface area (Å²) < 4.78 is 0. The van der Waals surface area contributed by atoms with Gasteiger partial charge in [0.25, 0.3) is 0 Å². The van der Waals surface area contributed by atoms with Gasteiger partial charge in [0.2, 0.25) is 0 Å². The molecule has 0 radical (unpaired) electrons. The Morgan fingerprint density at radius 1 is 1.70 bits per heavy atom. The van der Waals surface area contributed by atoms with Gasteiger partial charge in [0, 0.05) is 4.88 Å². The van der Waals surface area contributed by atoms with Gasteiger partial charge >= 0.3 is 25.4 Å². The molecule has 0 aliphatic carbocycles. The molecule has 0 aliphatic heterocycles. The van der Waals surface area contributed by atoms with Gasteiger partial charge in [-0.25, -0.2) is 0 Å². The van der Waals surface area contributed by atoms with Gasteiger partial charge in [0.1, 0.15) is 0 Å². The number of hydrogen-bond donors (Lipinski definition) is 1. The second-order valence-electron chi connectivity index (χ2n) is 1.65. The molecule has 0 aliphatic rings. The zero-order chi connectivity index (χ0) is 6.69. The second kappa shape index (κ2) is 4.58. The molecule has 1 aromatic rings. The van der Waals surface area contributed by atoms with E-state index in [1.54, 1.807) is 0 Å². The van der Waals surface area contributed by atoms with Gasteiger partial charge in [-0.2, -0.15) is 0 Å². The first-order valence-corrected chi connectivity index (χ1v) is 3.41. The average Bonchev–Trinajstić information content (AvgIpc) is 2.15. The van der Waals surface area contributed by atoms with E-state index in [9.17, 15) is 4.79 Å². The van der Waals surface area contributed by atoms with Crippen molar-refractivity contribution in [2.75, 3.05) is 0 Å². The third kappa shape index (κ3) is 3.09. The molecule has 0 spiro atoms. The molecule has 1 aromatic heterocycles. The normalized spacial score (nSPS) is 8.40. The van der Waals surface area contributed by atoms with Crippen molar-refractivity contribution in [1.29, 1.82) is 0 Å². The molecule has 1 heterocycles. The molecule has 2 nitrogen and oxygen atoms in total. The van der Waals surface area contributed by atoms with Crippen molar-refractivity contribution in [1.82, 2.24) is 0 Å². The minimum absolute atomic E-state index is 0. The van der Waals surface area contributed by atoms with Crippen LogP contribution in [-0.4, -0.2) is 11.1 Å². The van der Waals surface area contributed by atoms with Crippen LogP contribution in [0.2, 0.25) is 0 Å². The number of aliphatic carboxylic acids is 1. The minimum atomic E-state index is -0.766. The van der Waals surface area contributed by atoms with Crippen molar-refractivity contribution in [3.05, 3.63) is 22.4 Å². The number of hydrogen-bond acceptors (Lipinski definition) is 2. The van der Waals surface area contributed by atoms with Gasteiger partial charge in [-0.05, 0) is 11.4 Å². The molecule has 0 bridgehead atoms. The molecule has 0 amide bonds. The monoisotopic (exact) mass is 206 g/mol. The third-order valence-electron chi connectivity index (χ3n) is 0.906. The van der Waals surface area contributed by atoms with Crippen LogP contribution in [0.3, 0.4) is 0 Å². The van der Waals surface area contributed by atoms with Crippen LogP contribution in [0.25, 0.3) is 0 Å². The zero-order valence-corrected chi connectivity index (χ0v) is 9.19. The number of carboxylic acids is 1. The first-order chi connectivity index (χ1) is 4.29. The van der Waals surface area contributed by atoms with Gasteiger partial charge in [-0.15, -0.1) is 11.3 Å². The number of carboxylic acid groups (broad SMARTS) is 1. The molecule has 1 rings (SSSR count). The van der Waals surface area contributed by atoms with Gasteiger partial charge in [-0.3, -0.25) is 4.79 Å². The Hall–Kier alpha value is -0.207. The summed E-state index contributed by atoms with van der Waals surface area (Å²) in [6.45, 7) is 0. The zero-order valence-electron chi connectivity index (χ0n) is 5.41. The molecule has 1 N–H and O–H groups in total. The van der Waals surface area contributed by atoms with E-state index in [2.05, 4.69) is 0 Å². The predicted molar refractivity (Wildman–Crippen MR) is 35.7 cm³/mol. The van der Waals surface area contributed by atoms with Crippen LogP contribution >= 0.6 is 11.3 Å². The number of rotatable bonds is 2. The minimum Gasteiger partial charge on any atom is -0.481 e. The van der Waals surface area contributed by atoms with E-state index in [4.69, 9.17) is 5.11 Å². The van der Waals surface area contributed by atoms with E-state index in [-0.39, 0.29) is 25.9 Å². The summed E-state index contributed by atoms with van der Waals surface area (Å²) in [5.74, 6) is -0.766. The molecular formula is C6H6O2SZn+2. The SMILES string of the molecule is O=C(O)Cc1cccs1.[Zn+2]. The Labute approximate surface area is 75.6 Å². The van der Waals surface area contributed by atoms with E-state index in [1.165, 1.54) is 11.3 Å². The van der Waals surface area contributed by atoms with Crippen molar-refractivity contribution in [3.63, 3.8) is 0 Å². The predicted octanol–water partition coefficient (Wildman–Crippen LogP) is 1.37. The largest absolute Gasteiger partial charge is 2.00 e. The molecular weight excluding hydrogens is 202 g/mol. The van der Waals surface area contributed by atoms with E-state index in [0.29, 0.717) is 0 Å². The van der Waals surface area contributed by atoms with Gasteiger partial charge in [0.05, 0.1) is 6.42 Å². The molecule has 0 fully saturated rings. The van der Waals surface area contributed by atoms with Crippen molar-refractivity contribution in [3.8, 4) is 0 Å². The summed E-state index contributed by atoms with van der Waals surface area (Å²) in [5.41, 5.74) is 0. The van der Waals surface area contributed by atoms with Crippen molar-refractivity contribution in [2.24, 2.45) is 0 Å². The maximum atomic E-state index is 10.1. The molecule has 0 unspecified atom stereocenters. The Morgan fingerprint density at radius 3 is 2.80 bits per heavy atom. The summed E-state index contributed by atoms with van der Waals surface area (Å²) in [7, 11) is 0. The van der Waals surface area contributed by atoms with Crippen molar-refractivity contribution >= 4 is 17.3 Å². The summed E-state index contributed by atoms with van der Waals surface area (Å²) in [6, 6.07) is 3.67. The Balaban J connectivity index is 0.000000810. The molecule has 48 valence electrons. The summed E-state index contributed by atoms with van der Waals surface area (Å²) in [5, 5.41) is 10.2. The van der Waals surface area contributed by atoms with Crippen LogP contribution in [0.5, 0.6) is 0 Å². The Morgan fingerprint density at radius 2 is 2.40 bits per heavy atom. The summed E-state index contributed by atoms with van der Waals surface area (Å²) in [4.78, 5) is 11.0. The van der Waals surface area contributed by atoms with Crippen LogP contribution in [-0.2, 0) is 30.7 Å². The molecule has 4 heteroatoms. The molecule has 0 saturated carbocycles. The van der Waals surface area contributed by atoms with E-state index in [1.807, 2.05) is 17.5 Å². The van der Waals surface area contributed by atoms with Crippen LogP contribution in [0.15, 0.2) is 17.5 Å². The van der Waals surface area contributed by atoms with Crippen LogP contribution in [0.4, 0.5) is 0 Å². The average molecular weight is 208 g/mol. The maximum absolute atomic E-state index is 10.1. The number of thiophene rings is 1. The first kappa shape index (κ1) is 9.79. The fourth-order valence-electron chi connectivity index (χ4n) is 0.562. The fraction of sp³-hybridized carbons (Fsp3) is 0.167. The van der Waals surface area contributed by atoms with Gasteiger partial charge in [-0.1, -0.05) is 6.07 Å². The smallest absolute Gasteiger partial charge is 0.481 e. The quantitative estimate of drug-likeness (QED) is 0.744. The standard InChI is InChI=1S/C6H6O2S.Zn/c7-6(8)4-5-2-1-3-9-5;/h1-3H,4H2,(H,7,8);/q;+2. The molecule has 10 heavy (non-hydrogen) atoms. The second-order valence-corrected chi connectivity index (χ2v) is 2.68. The summed E-state index contributed by atoms with van der Waals surface area (Å²) >= 11 is 1.47. The van der Waals surface area contributed by atoms with Gasteiger partial charge < -0.3 is 5.11 Å². The Kier molecular flexibility index (Phi) is 4.49. The molecule has 0 aromatic carbocycles. The maximum Gasteiger partial charge on any atom is 2.00 e. The number of carbonyl (C=O) groups is 1. The molecule has 0 atom stereocenters. The third-order valence-corrected chi connectivity index (χ3v) is 1.78. The van der Waals surface area contributed by atoms with E-state index >= 15 is 0 Å².